The van der Waals surface area contributed by atoms with E-state index in [1.54, 1.807) is 0 Å². The van der Waals surface area contributed by atoms with E-state index in [-0.39, 0.29) is 0 Å². The fraction of sp³-hybridized carbons (Fsp3) is 0. The lowest BCUT2D eigenvalue weighted by molar-refractivity contribution is 0.672. The second kappa shape index (κ2) is 11.2. The number of fused-ring (bicyclic) bond motifs is 10. The van der Waals surface area contributed by atoms with E-state index in [2.05, 4.69) is 144 Å². The van der Waals surface area contributed by atoms with Crippen LogP contribution in [0.1, 0.15) is 0 Å². The molecule has 0 saturated heterocycles. The van der Waals surface area contributed by atoms with Crippen molar-refractivity contribution in [1.29, 1.82) is 0 Å². The van der Waals surface area contributed by atoms with Crippen LogP contribution in [0.5, 0.6) is 0 Å². The van der Waals surface area contributed by atoms with Gasteiger partial charge in [0.25, 0.3) is 0 Å². The average Bonchev–Trinajstić information content (AvgIpc) is 3.78. The fourth-order valence-electron chi connectivity index (χ4n) is 7.93. The van der Waals surface area contributed by atoms with Gasteiger partial charge in [0.15, 0.2) is 17.5 Å². The molecule has 242 valence electrons. The zero-order valence-corrected chi connectivity index (χ0v) is 27.9. The van der Waals surface area contributed by atoms with E-state index in [1.165, 1.54) is 10.8 Å². The Hall–Kier alpha value is -7.11. The molecule has 0 amide bonds. The second-order valence-corrected chi connectivity index (χ2v) is 13.2. The lowest BCUT2D eigenvalue weighted by Crippen LogP contribution is -2.01. The molecular formula is C47H28N4O. The van der Waals surface area contributed by atoms with Crippen molar-refractivity contribution >= 4 is 65.3 Å². The standard InChI is InChI=1S/C47H28N4O/c1-3-15-30(16-4-1)45-48-46(50-47(49-45)38-28-31-17-8-10-21-34(31)44-42(38)35-22-11-12-25-40(35)52-44)37-23-13-24-39-41(37)36-27-26-29-14-7-9-20-33(29)43(36)51(39)32-18-5-2-6-19-32/h1-28H. The normalized spacial score (nSPS) is 11.8. The molecule has 5 nitrogen and oxygen atoms in total. The minimum absolute atomic E-state index is 0.598. The molecule has 0 N–H and O–H groups in total. The Kier molecular flexibility index (Phi) is 6.18. The highest BCUT2D eigenvalue weighted by molar-refractivity contribution is 6.23. The third kappa shape index (κ3) is 4.26. The van der Waals surface area contributed by atoms with Crippen LogP contribution in [0.2, 0.25) is 0 Å². The summed E-state index contributed by atoms with van der Waals surface area (Å²) in [6.45, 7) is 0. The van der Waals surface area contributed by atoms with Gasteiger partial charge in [0.1, 0.15) is 11.2 Å². The van der Waals surface area contributed by atoms with E-state index < -0.39 is 0 Å². The summed E-state index contributed by atoms with van der Waals surface area (Å²) in [5.74, 6) is 1.83. The van der Waals surface area contributed by atoms with Crippen LogP contribution in [-0.2, 0) is 0 Å². The lowest BCUT2D eigenvalue weighted by atomic mass is 9.99. The summed E-state index contributed by atoms with van der Waals surface area (Å²) in [6, 6.07) is 59.0. The third-order valence-electron chi connectivity index (χ3n) is 10.2. The van der Waals surface area contributed by atoms with E-state index in [4.69, 9.17) is 19.4 Å². The Bertz CT molecular complexity index is 3180. The number of hydrogen-bond acceptors (Lipinski definition) is 4. The Balaban J connectivity index is 1.27. The van der Waals surface area contributed by atoms with E-state index in [1.807, 2.05) is 30.3 Å². The molecule has 0 aliphatic carbocycles. The van der Waals surface area contributed by atoms with Gasteiger partial charge < -0.3 is 8.98 Å². The summed E-state index contributed by atoms with van der Waals surface area (Å²) < 4.78 is 8.95. The van der Waals surface area contributed by atoms with Crippen LogP contribution in [0.15, 0.2) is 174 Å². The summed E-state index contributed by atoms with van der Waals surface area (Å²) in [5, 5.41) is 8.77. The summed E-state index contributed by atoms with van der Waals surface area (Å²) in [5.41, 5.74) is 7.79. The van der Waals surface area contributed by atoms with Crippen molar-refractivity contribution in [3.05, 3.63) is 170 Å². The Morgan fingerprint density at radius 2 is 1.08 bits per heavy atom. The molecule has 0 fully saturated rings. The van der Waals surface area contributed by atoms with E-state index in [9.17, 15) is 0 Å². The molecule has 3 aromatic heterocycles. The van der Waals surface area contributed by atoms with Crippen LogP contribution in [-0.4, -0.2) is 19.5 Å². The molecule has 11 aromatic rings. The smallest absolute Gasteiger partial charge is 0.164 e. The van der Waals surface area contributed by atoms with E-state index in [0.717, 1.165) is 76.9 Å². The SMILES string of the molecule is c1ccc(-c2nc(-c3cc4ccccc4c4oc5ccccc5c34)nc(-c3cccc4c3c3ccc5ccccc5c3n4-c3ccccc3)n2)cc1. The predicted octanol–water partition coefficient (Wildman–Crippen LogP) is 12.2. The second-order valence-electron chi connectivity index (χ2n) is 13.2. The molecule has 3 heterocycles. The minimum atomic E-state index is 0.598. The molecule has 0 spiro atoms. The van der Waals surface area contributed by atoms with Crippen molar-refractivity contribution in [2.24, 2.45) is 0 Å². The predicted molar refractivity (Wildman–Crippen MR) is 213 cm³/mol. The lowest BCUT2D eigenvalue weighted by Gasteiger charge is -2.12. The maximum atomic E-state index is 6.57. The molecule has 52 heavy (non-hydrogen) atoms. The van der Waals surface area contributed by atoms with Crippen LogP contribution in [0.3, 0.4) is 0 Å². The van der Waals surface area contributed by atoms with Gasteiger partial charge in [-0.1, -0.05) is 140 Å². The van der Waals surface area contributed by atoms with Gasteiger partial charge in [0.05, 0.1) is 11.0 Å². The highest BCUT2D eigenvalue weighted by Gasteiger charge is 2.23. The van der Waals surface area contributed by atoms with Crippen molar-refractivity contribution in [2.75, 3.05) is 0 Å². The molecule has 0 saturated carbocycles. The van der Waals surface area contributed by atoms with Gasteiger partial charge in [0, 0.05) is 54.7 Å². The van der Waals surface area contributed by atoms with Gasteiger partial charge in [-0.15, -0.1) is 0 Å². The number of para-hydroxylation sites is 2. The summed E-state index contributed by atoms with van der Waals surface area (Å²) in [7, 11) is 0. The number of aromatic nitrogens is 4. The zero-order valence-electron chi connectivity index (χ0n) is 27.9. The molecule has 0 radical (unpaired) electrons. The van der Waals surface area contributed by atoms with Crippen molar-refractivity contribution in [3.8, 4) is 39.9 Å². The van der Waals surface area contributed by atoms with Crippen LogP contribution < -0.4 is 0 Å². The summed E-state index contributed by atoms with van der Waals surface area (Å²) in [6.07, 6.45) is 0. The largest absolute Gasteiger partial charge is 0.455 e. The molecule has 8 aromatic carbocycles. The van der Waals surface area contributed by atoms with Crippen molar-refractivity contribution in [3.63, 3.8) is 0 Å². The fourth-order valence-corrected chi connectivity index (χ4v) is 7.93. The Labute approximate surface area is 298 Å². The number of hydrogen-bond donors (Lipinski definition) is 0. The Morgan fingerprint density at radius 1 is 0.423 bits per heavy atom. The highest BCUT2D eigenvalue weighted by atomic mass is 16.3. The number of nitrogens with zero attached hydrogens (tertiary/aromatic N) is 4. The molecule has 0 bridgehead atoms. The van der Waals surface area contributed by atoms with Crippen LogP contribution in [0.4, 0.5) is 0 Å². The zero-order chi connectivity index (χ0) is 34.2. The number of benzene rings is 8. The summed E-state index contributed by atoms with van der Waals surface area (Å²) >= 11 is 0. The first-order valence-corrected chi connectivity index (χ1v) is 17.5. The Morgan fingerprint density at radius 3 is 1.90 bits per heavy atom. The molecule has 0 aliphatic rings. The highest BCUT2D eigenvalue weighted by Crippen LogP contribution is 2.43. The molecule has 0 unspecified atom stereocenters. The number of furan rings is 1. The molecule has 11 rings (SSSR count). The van der Waals surface area contributed by atoms with Gasteiger partial charge in [-0.25, -0.2) is 15.0 Å². The topological polar surface area (TPSA) is 56.7 Å². The maximum absolute atomic E-state index is 6.57. The summed E-state index contributed by atoms with van der Waals surface area (Å²) in [4.78, 5) is 15.8. The van der Waals surface area contributed by atoms with Crippen LogP contribution in [0, 0.1) is 0 Å². The third-order valence-corrected chi connectivity index (χ3v) is 10.2. The van der Waals surface area contributed by atoms with E-state index >= 15 is 0 Å². The first-order valence-electron chi connectivity index (χ1n) is 17.5. The van der Waals surface area contributed by atoms with Crippen molar-refractivity contribution < 1.29 is 4.42 Å². The van der Waals surface area contributed by atoms with Gasteiger partial charge in [-0.2, -0.15) is 0 Å². The van der Waals surface area contributed by atoms with Crippen LogP contribution >= 0.6 is 0 Å². The monoisotopic (exact) mass is 664 g/mol. The van der Waals surface area contributed by atoms with Crippen molar-refractivity contribution in [1.82, 2.24) is 19.5 Å². The molecule has 5 heteroatoms. The molecule has 0 atom stereocenters. The van der Waals surface area contributed by atoms with Gasteiger partial charge in [0.2, 0.25) is 0 Å². The van der Waals surface area contributed by atoms with Gasteiger partial charge >= 0.3 is 0 Å². The van der Waals surface area contributed by atoms with Gasteiger partial charge in [-0.05, 0) is 41.1 Å². The first-order chi connectivity index (χ1) is 25.8. The number of rotatable bonds is 4. The first kappa shape index (κ1) is 28.7. The van der Waals surface area contributed by atoms with Gasteiger partial charge in [-0.3, -0.25) is 0 Å². The molecular weight excluding hydrogens is 637 g/mol. The quantitative estimate of drug-likeness (QED) is 0.188. The van der Waals surface area contributed by atoms with Crippen LogP contribution in [0.25, 0.3) is 105 Å². The average molecular weight is 665 g/mol. The van der Waals surface area contributed by atoms with E-state index in [0.29, 0.717) is 17.5 Å². The minimum Gasteiger partial charge on any atom is -0.455 e. The van der Waals surface area contributed by atoms with Crippen molar-refractivity contribution in [2.45, 2.75) is 0 Å². The maximum Gasteiger partial charge on any atom is 0.164 e. The molecule has 0 aliphatic heterocycles.